The van der Waals surface area contributed by atoms with Crippen LogP contribution in [-0.2, 0) is 4.74 Å². The Balaban J connectivity index is 1.65. The normalized spacial score (nSPS) is 44.8. The van der Waals surface area contributed by atoms with Gasteiger partial charge in [0.15, 0.2) is 0 Å². The first-order valence-electron chi connectivity index (χ1n) is 6.93. The van der Waals surface area contributed by atoms with Gasteiger partial charge in [-0.15, -0.1) is 0 Å². The predicted octanol–water partition coefficient (Wildman–Crippen LogP) is 1.38. The molecule has 4 unspecified atom stereocenters. The van der Waals surface area contributed by atoms with Gasteiger partial charge < -0.3 is 10.1 Å². The highest BCUT2D eigenvalue weighted by Crippen LogP contribution is 2.35. The van der Waals surface area contributed by atoms with Gasteiger partial charge in [-0.3, -0.25) is 4.90 Å². The van der Waals surface area contributed by atoms with Crippen LogP contribution < -0.4 is 5.32 Å². The molecule has 0 aromatic heterocycles. The van der Waals surface area contributed by atoms with Crippen LogP contribution in [0.2, 0.25) is 0 Å². The second-order valence-electron chi connectivity index (χ2n) is 5.60. The molecule has 3 heteroatoms. The highest BCUT2D eigenvalue weighted by molar-refractivity contribution is 4.95. The number of ether oxygens (including phenoxy) is 1. The van der Waals surface area contributed by atoms with Crippen molar-refractivity contribution in [1.29, 1.82) is 0 Å². The lowest BCUT2D eigenvalue weighted by Crippen LogP contribution is -2.52. The fourth-order valence-corrected chi connectivity index (χ4v) is 3.93. The van der Waals surface area contributed by atoms with Crippen LogP contribution in [0.15, 0.2) is 0 Å². The van der Waals surface area contributed by atoms with E-state index < -0.39 is 0 Å². The molecular formula is C13H24N2O. The van der Waals surface area contributed by atoms with E-state index in [9.17, 15) is 0 Å². The molecule has 0 bridgehead atoms. The van der Waals surface area contributed by atoms with Gasteiger partial charge in [0.1, 0.15) is 0 Å². The van der Waals surface area contributed by atoms with E-state index >= 15 is 0 Å². The van der Waals surface area contributed by atoms with Gasteiger partial charge in [-0.05, 0) is 45.6 Å². The molecule has 4 atom stereocenters. The van der Waals surface area contributed by atoms with Crippen molar-refractivity contribution >= 4 is 0 Å². The van der Waals surface area contributed by atoms with Crippen molar-refractivity contribution in [1.82, 2.24) is 10.2 Å². The lowest BCUT2D eigenvalue weighted by atomic mass is 10.1. The smallest absolute Gasteiger partial charge is 0.0731 e. The lowest BCUT2D eigenvalue weighted by molar-refractivity contribution is -0.0709. The first kappa shape index (κ1) is 11.0. The topological polar surface area (TPSA) is 24.5 Å². The molecule has 2 aliphatic carbocycles. The average molecular weight is 224 g/mol. The molecule has 0 radical (unpaired) electrons. The van der Waals surface area contributed by atoms with Gasteiger partial charge in [-0.25, -0.2) is 0 Å². The maximum atomic E-state index is 5.89. The van der Waals surface area contributed by atoms with E-state index in [1.165, 1.54) is 45.1 Å². The summed E-state index contributed by atoms with van der Waals surface area (Å²) in [5.41, 5.74) is 0. The van der Waals surface area contributed by atoms with Crippen LogP contribution >= 0.6 is 0 Å². The second kappa shape index (κ2) is 4.63. The lowest BCUT2D eigenvalue weighted by Gasteiger charge is -2.41. The van der Waals surface area contributed by atoms with E-state index in [2.05, 4.69) is 17.3 Å². The number of fused-ring (bicyclic) bond motifs is 1. The molecule has 1 saturated heterocycles. The van der Waals surface area contributed by atoms with Crippen LogP contribution in [0.4, 0.5) is 0 Å². The van der Waals surface area contributed by atoms with Gasteiger partial charge in [0.2, 0.25) is 0 Å². The van der Waals surface area contributed by atoms with Crippen molar-refractivity contribution in [3.8, 4) is 0 Å². The Morgan fingerprint density at radius 1 is 1.19 bits per heavy atom. The molecule has 0 aromatic rings. The molecule has 0 aromatic carbocycles. The summed E-state index contributed by atoms with van der Waals surface area (Å²) in [5.74, 6) is 0. The minimum atomic E-state index is 0.558. The fraction of sp³-hybridized carbons (Fsp3) is 1.00. The Morgan fingerprint density at radius 3 is 2.94 bits per heavy atom. The second-order valence-corrected chi connectivity index (χ2v) is 5.60. The van der Waals surface area contributed by atoms with Crippen molar-refractivity contribution < 1.29 is 4.74 Å². The Labute approximate surface area is 98.5 Å². The van der Waals surface area contributed by atoms with Crippen LogP contribution in [0.1, 0.15) is 38.5 Å². The minimum absolute atomic E-state index is 0.558. The van der Waals surface area contributed by atoms with Crippen molar-refractivity contribution in [3.05, 3.63) is 0 Å². The number of hydrogen-bond acceptors (Lipinski definition) is 3. The van der Waals surface area contributed by atoms with E-state index in [4.69, 9.17) is 4.74 Å². The number of hydrogen-bond donors (Lipinski definition) is 1. The third-order valence-corrected chi connectivity index (χ3v) is 4.81. The molecule has 1 heterocycles. The fourth-order valence-electron chi connectivity index (χ4n) is 3.93. The number of morpholine rings is 1. The Hall–Kier alpha value is -0.120. The first-order valence-corrected chi connectivity index (χ1v) is 6.93. The molecule has 3 nitrogen and oxygen atoms in total. The number of rotatable bonds is 2. The largest absolute Gasteiger partial charge is 0.375 e. The van der Waals surface area contributed by atoms with Crippen LogP contribution in [0.5, 0.6) is 0 Å². The summed E-state index contributed by atoms with van der Waals surface area (Å²) < 4.78 is 5.89. The third-order valence-electron chi connectivity index (χ3n) is 4.81. The molecule has 16 heavy (non-hydrogen) atoms. The van der Waals surface area contributed by atoms with Crippen LogP contribution in [0.3, 0.4) is 0 Å². The number of nitrogens with zero attached hydrogens (tertiary/aromatic N) is 1. The van der Waals surface area contributed by atoms with Gasteiger partial charge in [0.05, 0.1) is 12.7 Å². The van der Waals surface area contributed by atoms with E-state index in [0.29, 0.717) is 6.10 Å². The summed E-state index contributed by atoms with van der Waals surface area (Å²) in [6.45, 7) is 2.13. The monoisotopic (exact) mass is 224 g/mol. The minimum Gasteiger partial charge on any atom is -0.375 e. The molecular weight excluding hydrogens is 200 g/mol. The summed E-state index contributed by atoms with van der Waals surface area (Å²) in [4.78, 5) is 2.78. The van der Waals surface area contributed by atoms with Gasteiger partial charge in [-0.2, -0.15) is 0 Å². The zero-order valence-corrected chi connectivity index (χ0v) is 10.3. The summed E-state index contributed by atoms with van der Waals surface area (Å²) in [7, 11) is 2.10. The highest BCUT2D eigenvalue weighted by Gasteiger charge is 2.40. The highest BCUT2D eigenvalue weighted by atomic mass is 16.5. The summed E-state index contributed by atoms with van der Waals surface area (Å²) >= 11 is 0. The van der Waals surface area contributed by atoms with E-state index in [1.807, 2.05) is 0 Å². The average Bonchev–Trinajstić information content (AvgIpc) is 2.97. The van der Waals surface area contributed by atoms with Crippen LogP contribution in [0.25, 0.3) is 0 Å². The zero-order chi connectivity index (χ0) is 11.0. The third kappa shape index (κ3) is 1.89. The van der Waals surface area contributed by atoms with E-state index in [1.54, 1.807) is 0 Å². The van der Waals surface area contributed by atoms with Crippen LogP contribution in [0, 0.1) is 0 Å². The summed E-state index contributed by atoms with van der Waals surface area (Å²) in [5, 5.41) is 3.43. The maximum Gasteiger partial charge on any atom is 0.0731 e. The summed E-state index contributed by atoms with van der Waals surface area (Å²) in [6, 6.07) is 2.33. The molecule has 0 spiro atoms. The van der Waals surface area contributed by atoms with Crippen molar-refractivity contribution in [3.63, 3.8) is 0 Å². The standard InChI is InChI=1S/C13H24N2O/c1-14-10-5-6-11(9-10)15-7-8-16-13-4-2-3-12(13)15/h10-14H,2-9H2,1H3. The molecule has 3 aliphatic rings. The predicted molar refractivity (Wildman–Crippen MR) is 64.6 cm³/mol. The number of nitrogens with one attached hydrogen (secondary N) is 1. The Kier molecular flexibility index (Phi) is 3.18. The summed E-state index contributed by atoms with van der Waals surface area (Å²) in [6.07, 6.45) is 8.68. The molecule has 92 valence electrons. The first-order chi connectivity index (χ1) is 7.88. The Morgan fingerprint density at radius 2 is 2.12 bits per heavy atom. The van der Waals surface area contributed by atoms with Gasteiger partial charge in [0.25, 0.3) is 0 Å². The Bertz CT molecular complexity index is 246. The molecule has 3 fully saturated rings. The zero-order valence-electron chi connectivity index (χ0n) is 10.3. The van der Waals surface area contributed by atoms with E-state index in [-0.39, 0.29) is 0 Å². The van der Waals surface area contributed by atoms with Gasteiger partial charge >= 0.3 is 0 Å². The molecule has 0 amide bonds. The van der Waals surface area contributed by atoms with Crippen LogP contribution in [-0.4, -0.2) is 49.3 Å². The van der Waals surface area contributed by atoms with Gasteiger partial charge in [-0.1, -0.05) is 0 Å². The quantitative estimate of drug-likeness (QED) is 0.767. The van der Waals surface area contributed by atoms with Crippen molar-refractivity contribution in [2.24, 2.45) is 0 Å². The molecule has 3 rings (SSSR count). The van der Waals surface area contributed by atoms with Crippen molar-refractivity contribution in [2.45, 2.75) is 62.8 Å². The SMILES string of the molecule is CNC1CCC(N2CCOC3CCCC32)C1. The molecule has 1 N–H and O–H groups in total. The molecule has 2 saturated carbocycles. The molecule has 1 aliphatic heterocycles. The van der Waals surface area contributed by atoms with Crippen molar-refractivity contribution in [2.75, 3.05) is 20.2 Å². The maximum absolute atomic E-state index is 5.89. The van der Waals surface area contributed by atoms with E-state index in [0.717, 1.165) is 24.7 Å². The van der Waals surface area contributed by atoms with Gasteiger partial charge in [0, 0.05) is 24.7 Å².